The van der Waals surface area contributed by atoms with Gasteiger partial charge in [-0.2, -0.15) is 5.10 Å². The molecule has 0 aliphatic carbocycles. The summed E-state index contributed by atoms with van der Waals surface area (Å²) in [5.74, 6) is 0.298. The fourth-order valence-electron chi connectivity index (χ4n) is 0.831. The van der Waals surface area contributed by atoms with Gasteiger partial charge in [-0.25, -0.2) is 4.39 Å². The van der Waals surface area contributed by atoms with E-state index in [1.54, 1.807) is 5.01 Å². The largest absolute Gasteiger partial charge is 0.288 e. The Labute approximate surface area is 60.7 Å². The molecule has 0 amide bonds. The van der Waals surface area contributed by atoms with Crippen molar-refractivity contribution in [3.63, 3.8) is 0 Å². The van der Waals surface area contributed by atoms with E-state index in [-0.39, 0.29) is 6.67 Å². The fraction of sp³-hybridized carbons (Fsp3) is 0.714. The Hall–Kier alpha value is -0.600. The van der Waals surface area contributed by atoms with Crippen LogP contribution in [0.1, 0.15) is 13.3 Å². The quantitative estimate of drug-likeness (QED) is 0.580. The number of hydrogen-bond acceptors (Lipinski definition) is 2. The van der Waals surface area contributed by atoms with Crippen molar-refractivity contribution in [2.75, 3.05) is 13.2 Å². The lowest BCUT2D eigenvalue weighted by molar-refractivity contribution is 0.309. The molecule has 3 heteroatoms. The molecule has 10 heavy (non-hydrogen) atoms. The zero-order chi connectivity index (χ0) is 7.40. The summed E-state index contributed by atoms with van der Waals surface area (Å²) in [6.07, 6.45) is 3.86. The molecule has 56 valence electrons. The van der Waals surface area contributed by atoms with Crippen LogP contribution in [-0.2, 0) is 0 Å². The number of hydrazone groups is 1. The van der Waals surface area contributed by atoms with E-state index in [2.05, 4.69) is 18.2 Å². The molecule has 0 fully saturated rings. The zero-order valence-corrected chi connectivity index (χ0v) is 6.05. The van der Waals surface area contributed by atoms with Crippen LogP contribution in [0.4, 0.5) is 4.39 Å². The van der Waals surface area contributed by atoms with Gasteiger partial charge < -0.3 is 0 Å². The van der Waals surface area contributed by atoms with Crippen LogP contribution in [0, 0.1) is 12.5 Å². The van der Waals surface area contributed by atoms with E-state index in [4.69, 9.17) is 0 Å². The predicted octanol–water partition coefficient (Wildman–Crippen LogP) is 1.32. The van der Waals surface area contributed by atoms with Gasteiger partial charge in [0.05, 0.1) is 19.3 Å². The standard InChI is InChI=1S/C7H11FN2/c1-2-7-5-9-10(6-7)4-3-8/h6-7H,2-4H2,1H3. The van der Waals surface area contributed by atoms with Gasteiger partial charge in [-0.1, -0.05) is 6.92 Å². The first-order chi connectivity index (χ1) is 4.86. The van der Waals surface area contributed by atoms with E-state index in [1.165, 1.54) is 0 Å². The molecule has 0 aromatic carbocycles. The lowest BCUT2D eigenvalue weighted by Gasteiger charge is -2.11. The molecule has 2 radical (unpaired) electrons. The van der Waals surface area contributed by atoms with Crippen molar-refractivity contribution < 1.29 is 4.39 Å². The Kier molecular flexibility index (Phi) is 2.66. The second-order valence-corrected chi connectivity index (χ2v) is 2.24. The molecule has 1 heterocycles. The highest BCUT2D eigenvalue weighted by molar-refractivity contribution is 5.64. The van der Waals surface area contributed by atoms with Crippen molar-refractivity contribution >= 4 is 6.21 Å². The third kappa shape index (κ3) is 1.69. The van der Waals surface area contributed by atoms with Crippen molar-refractivity contribution in [3.05, 3.63) is 6.54 Å². The Morgan fingerprint density at radius 3 is 3.10 bits per heavy atom. The van der Waals surface area contributed by atoms with Crippen LogP contribution >= 0.6 is 0 Å². The first kappa shape index (κ1) is 7.51. The average Bonchev–Trinajstić information content (AvgIpc) is 2.37. The third-order valence-corrected chi connectivity index (χ3v) is 1.46. The van der Waals surface area contributed by atoms with Gasteiger partial charge in [0.25, 0.3) is 0 Å². The van der Waals surface area contributed by atoms with Crippen LogP contribution in [0.25, 0.3) is 0 Å². The van der Waals surface area contributed by atoms with E-state index in [0.29, 0.717) is 12.5 Å². The molecule has 0 spiro atoms. The maximum Gasteiger partial charge on any atom is 0.109 e. The second kappa shape index (κ2) is 3.54. The number of halogens is 1. The summed E-state index contributed by atoms with van der Waals surface area (Å²) in [6, 6.07) is 0. The van der Waals surface area contributed by atoms with Crippen molar-refractivity contribution in [1.82, 2.24) is 5.01 Å². The highest BCUT2D eigenvalue weighted by atomic mass is 19.1. The summed E-state index contributed by atoms with van der Waals surface area (Å²) in [4.78, 5) is 0. The molecule has 0 saturated carbocycles. The lowest BCUT2D eigenvalue weighted by Crippen LogP contribution is -2.15. The van der Waals surface area contributed by atoms with E-state index in [9.17, 15) is 4.39 Å². The predicted molar refractivity (Wildman–Crippen MR) is 38.2 cm³/mol. The van der Waals surface area contributed by atoms with E-state index in [1.807, 2.05) is 6.54 Å². The molecule has 0 N–H and O–H groups in total. The first-order valence-corrected chi connectivity index (χ1v) is 3.50. The minimum atomic E-state index is -0.349. The molecule has 1 atom stereocenters. The minimum Gasteiger partial charge on any atom is -0.288 e. The molecule has 1 rings (SSSR count). The van der Waals surface area contributed by atoms with E-state index < -0.39 is 0 Å². The molecule has 0 aromatic rings. The maximum absolute atomic E-state index is 11.7. The SMILES string of the molecule is CCC1[C]=NN(CCF)[CH]1. The van der Waals surface area contributed by atoms with Crippen LogP contribution in [0.5, 0.6) is 0 Å². The number of nitrogens with zero attached hydrogens (tertiary/aromatic N) is 2. The van der Waals surface area contributed by atoms with Crippen LogP contribution in [0.3, 0.4) is 0 Å². The number of hydrogen-bond donors (Lipinski definition) is 0. The Balaban J connectivity index is 2.24. The number of alkyl halides is 1. The van der Waals surface area contributed by atoms with Gasteiger partial charge in [-0.3, -0.25) is 5.01 Å². The Morgan fingerprint density at radius 2 is 2.60 bits per heavy atom. The minimum absolute atomic E-state index is 0.298. The Morgan fingerprint density at radius 1 is 1.80 bits per heavy atom. The second-order valence-electron chi connectivity index (χ2n) is 2.24. The highest BCUT2D eigenvalue weighted by Crippen LogP contribution is 2.14. The molecule has 0 saturated heterocycles. The molecule has 1 aliphatic rings. The summed E-state index contributed by atoms with van der Waals surface area (Å²) in [5.41, 5.74) is 0. The van der Waals surface area contributed by atoms with Gasteiger partial charge in [0.1, 0.15) is 6.67 Å². The lowest BCUT2D eigenvalue weighted by atomic mass is 10.1. The van der Waals surface area contributed by atoms with Gasteiger partial charge in [-0.15, -0.1) is 0 Å². The summed E-state index contributed by atoms with van der Waals surface area (Å²) in [7, 11) is 0. The van der Waals surface area contributed by atoms with Gasteiger partial charge in [-0.05, 0) is 6.42 Å². The summed E-state index contributed by atoms with van der Waals surface area (Å²) < 4.78 is 11.7. The van der Waals surface area contributed by atoms with Crippen molar-refractivity contribution in [3.8, 4) is 0 Å². The molecular formula is C7H11FN2. The van der Waals surface area contributed by atoms with E-state index >= 15 is 0 Å². The molecular weight excluding hydrogens is 131 g/mol. The monoisotopic (exact) mass is 142 g/mol. The zero-order valence-electron chi connectivity index (χ0n) is 6.05. The van der Waals surface area contributed by atoms with Crippen molar-refractivity contribution in [2.24, 2.45) is 11.0 Å². The average molecular weight is 142 g/mol. The molecule has 0 aromatic heterocycles. The van der Waals surface area contributed by atoms with E-state index in [0.717, 1.165) is 6.42 Å². The van der Waals surface area contributed by atoms with Gasteiger partial charge in [0.15, 0.2) is 0 Å². The topological polar surface area (TPSA) is 15.6 Å². The summed E-state index contributed by atoms with van der Waals surface area (Å²) in [6.45, 7) is 3.98. The summed E-state index contributed by atoms with van der Waals surface area (Å²) >= 11 is 0. The maximum atomic E-state index is 11.7. The van der Waals surface area contributed by atoms with Gasteiger partial charge in [0, 0.05) is 5.92 Å². The molecule has 1 unspecified atom stereocenters. The fourth-order valence-corrected chi connectivity index (χ4v) is 0.831. The normalized spacial score (nSPS) is 24.2. The Bertz CT molecular complexity index is 125. The van der Waals surface area contributed by atoms with Crippen LogP contribution in [0.15, 0.2) is 5.10 Å². The van der Waals surface area contributed by atoms with Crippen molar-refractivity contribution in [2.45, 2.75) is 13.3 Å². The first-order valence-electron chi connectivity index (χ1n) is 3.50. The van der Waals surface area contributed by atoms with Gasteiger partial charge >= 0.3 is 0 Å². The van der Waals surface area contributed by atoms with Crippen molar-refractivity contribution in [1.29, 1.82) is 0 Å². The highest BCUT2D eigenvalue weighted by Gasteiger charge is 2.16. The van der Waals surface area contributed by atoms with Crippen LogP contribution < -0.4 is 0 Å². The van der Waals surface area contributed by atoms with Crippen LogP contribution in [0.2, 0.25) is 0 Å². The molecule has 2 nitrogen and oxygen atoms in total. The van der Waals surface area contributed by atoms with Gasteiger partial charge in [0.2, 0.25) is 0 Å². The van der Waals surface area contributed by atoms with Crippen LogP contribution in [-0.4, -0.2) is 24.4 Å². The molecule has 1 aliphatic heterocycles. The molecule has 0 bridgehead atoms. The third-order valence-electron chi connectivity index (χ3n) is 1.46. The summed E-state index contributed by atoms with van der Waals surface area (Å²) in [5, 5.41) is 5.47. The number of rotatable bonds is 3. The smallest absolute Gasteiger partial charge is 0.109 e.